The average Bonchev–Trinajstić information content (AvgIpc) is 2.79. The number of nitrogens with zero attached hydrogens (tertiary/aromatic N) is 2. The van der Waals surface area contributed by atoms with Gasteiger partial charge in [-0.1, -0.05) is 0 Å². The summed E-state index contributed by atoms with van der Waals surface area (Å²) >= 11 is 1.50. The van der Waals surface area contributed by atoms with E-state index in [1.54, 1.807) is 5.51 Å². The topological polar surface area (TPSA) is 53.8 Å². The normalized spacial score (nSPS) is 26.4. The number of carbonyl (C=O) groups excluding carboxylic acids is 1. The minimum absolute atomic E-state index is 0.0907. The Morgan fingerprint density at radius 1 is 1.71 bits per heavy atom. The number of aromatic nitrogens is 1. The molecule has 1 aliphatic rings. The molecule has 1 unspecified atom stereocenters. The summed E-state index contributed by atoms with van der Waals surface area (Å²) in [5, 5.41) is 11.0. The highest BCUT2D eigenvalue weighted by Crippen LogP contribution is 2.37. The monoisotopic (exact) mass is 206 g/mol. The molecule has 0 bridgehead atoms. The van der Waals surface area contributed by atoms with Gasteiger partial charge in [0, 0.05) is 18.2 Å². The Hall–Kier alpha value is -1.21. The minimum atomic E-state index is -0.770. The van der Waals surface area contributed by atoms with Crippen LogP contribution in [0.25, 0.3) is 0 Å². The molecule has 0 N–H and O–H groups in total. The van der Waals surface area contributed by atoms with E-state index in [2.05, 4.69) is 11.1 Å². The highest BCUT2D eigenvalue weighted by molar-refractivity contribution is 7.07. The third-order valence-corrected chi connectivity index (χ3v) is 3.36. The third-order valence-electron chi connectivity index (χ3n) is 2.72. The summed E-state index contributed by atoms with van der Waals surface area (Å²) in [5.41, 5.74) is 1.83. The van der Waals surface area contributed by atoms with E-state index in [0.29, 0.717) is 19.3 Å². The molecule has 0 aromatic carbocycles. The van der Waals surface area contributed by atoms with Crippen LogP contribution in [0.4, 0.5) is 0 Å². The summed E-state index contributed by atoms with van der Waals surface area (Å²) in [7, 11) is 0. The fourth-order valence-electron chi connectivity index (χ4n) is 1.91. The molecule has 14 heavy (non-hydrogen) atoms. The first kappa shape index (κ1) is 9.35. The number of hydrogen-bond acceptors (Lipinski definition) is 4. The summed E-state index contributed by atoms with van der Waals surface area (Å²) < 4.78 is 0. The zero-order valence-corrected chi connectivity index (χ0v) is 8.51. The van der Waals surface area contributed by atoms with Gasteiger partial charge in [0.25, 0.3) is 0 Å². The summed E-state index contributed by atoms with van der Waals surface area (Å²) in [4.78, 5) is 15.7. The molecule has 1 fully saturated rings. The van der Waals surface area contributed by atoms with Crippen LogP contribution in [0.15, 0.2) is 10.9 Å². The van der Waals surface area contributed by atoms with Crippen molar-refractivity contribution < 1.29 is 4.79 Å². The van der Waals surface area contributed by atoms with Gasteiger partial charge in [0.1, 0.15) is 5.41 Å². The van der Waals surface area contributed by atoms with E-state index in [1.165, 1.54) is 11.3 Å². The Bertz CT molecular complexity index is 379. The van der Waals surface area contributed by atoms with Gasteiger partial charge in [-0.3, -0.25) is 4.79 Å². The number of hydrogen-bond donors (Lipinski definition) is 0. The van der Waals surface area contributed by atoms with E-state index in [9.17, 15) is 4.79 Å². The standard InChI is InChI=1S/C10H10N2OS/c11-6-10(3-1-2-9(10)13)4-8-5-14-7-12-8/h5,7H,1-4H2. The van der Waals surface area contributed by atoms with E-state index >= 15 is 0 Å². The van der Waals surface area contributed by atoms with Crippen molar-refractivity contribution in [1.29, 1.82) is 5.26 Å². The van der Waals surface area contributed by atoms with E-state index in [1.807, 2.05) is 5.38 Å². The Labute approximate surface area is 86.4 Å². The largest absolute Gasteiger partial charge is 0.298 e. The molecule has 0 amide bonds. The zero-order chi connectivity index (χ0) is 10.0. The Morgan fingerprint density at radius 2 is 2.57 bits per heavy atom. The van der Waals surface area contributed by atoms with Gasteiger partial charge in [-0.25, -0.2) is 4.98 Å². The fraction of sp³-hybridized carbons (Fsp3) is 0.500. The van der Waals surface area contributed by atoms with Crippen molar-refractivity contribution in [1.82, 2.24) is 4.98 Å². The lowest BCUT2D eigenvalue weighted by Crippen LogP contribution is -2.26. The van der Waals surface area contributed by atoms with Gasteiger partial charge in [0.2, 0.25) is 0 Å². The SMILES string of the molecule is N#CC1(Cc2cscn2)CCCC1=O. The second kappa shape index (κ2) is 3.50. The third kappa shape index (κ3) is 1.44. The number of ketones is 1. The Morgan fingerprint density at radius 3 is 3.07 bits per heavy atom. The maximum absolute atomic E-state index is 11.6. The highest BCUT2D eigenvalue weighted by Gasteiger charge is 2.42. The summed E-state index contributed by atoms with van der Waals surface area (Å²) in [5.74, 6) is 0.0907. The number of Topliss-reactive ketones (excluding diaryl/α,β-unsaturated/α-hetero) is 1. The van der Waals surface area contributed by atoms with E-state index in [-0.39, 0.29) is 5.78 Å². The first-order valence-corrected chi connectivity index (χ1v) is 5.53. The molecule has 3 nitrogen and oxygen atoms in total. The average molecular weight is 206 g/mol. The number of carbonyl (C=O) groups is 1. The molecule has 2 rings (SSSR count). The summed E-state index contributed by atoms with van der Waals surface area (Å²) in [6.07, 6.45) is 2.58. The van der Waals surface area contributed by atoms with Gasteiger partial charge in [0.05, 0.1) is 17.3 Å². The molecule has 1 saturated carbocycles. The van der Waals surface area contributed by atoms with Crippen LogP contribution >= 0.6 is 11.3 Å². The summed E-state index contributed by atoms with van der Waals surface area (Å²) in [6.45, 7) is 0. The van der Waals surface area contributed by atoms with Crippen molar-refractivity contribution in [3.63, 3.8) is 0 Å². The van der Waals surface area contributed by atoms with Crippen LogP contribution in [0, 0.1) is 16.7 Å². The predicted octanol–water partition coefficient (Wildman–Crippen LogP) is 1.95. The summed E-state index contributed by atoms with van der Waals surface area (Å²) in [6, 6.07) is 2.18. The lowest BCUT2D eigenvalue weighted by atomic mass is 9.82. The van der Waals surface area contributed by atoms with E-state index < -0.39 is 5.41 Å². The van der Waals surface area contributed by atoms with Crippen LogP contribution in [0.1, 0.15) is 25.0 Å². The van der Waals surface area contributed by atoms with Crippen molar-refractivity contribution in [3.8, 4) is 6.07 Å². The Balaban J connectivity index is 2.23. The second-order valence-electron chi connectivity index (χ2n) is 3.63. The van der Waals surface area contributed by atoms with Crippen molar-refractivity contribution in [2.45, 2.75) is 25.7 Å². The number of thiazole rings is 1. The minimum Gasteiger partial charge on any atom is -0.298 e. The van der Waals surface area contributed by atoms with Gasteiger partial charge >= 0.3 is 0 Å². The first-order chi connectivity index (χ1) is 6.77. The quantitative estimate of drug-likeness (QED) is 0.743. The predicted molar refractivity (Wildman–Crippen MR) is 52.7 cm³/mol. The molecule has 0 radical (unpaired) electrons. The van der Waals surface area contributed by atoms with Crippen molar-refractivity contribution in [2.75, 3.05) is 0 Å². The van der Waals surface area contributed by atoms with Crippen LogP contribution < -0.4 is 0 Å². The molecule has 1 heterocycles. The molecule has 0 saturated heterocycles. The molecule has 0 spiro atoms. The molecule has 1 aromatic rings. The molecule has 1 aromatic heterocycles. The van der Waals surface area contributed by atoms with Gasteiger partial charge in [-0.15, -0.1) is 11.3 Å². The van der Waals surface area contributed by atoms with Gasteiger partial charge in [-0.05, 0) is 12.8 Å². The fourth-order valence-corrected chi connectivity index (χ4v) is 2.47. The zero-order valence-electron chi connectivity index (χ0n) is 7.69. The highest BCUT2D eigenvalue weighted by atomic mass is 32.1. The van der Waals surface area contributed by atoms with Gasteiger partial charge in [-0.2, -0.15) is 5.26 Å². The van der Waals surface area contributed by atoms with Crippen LogP contribution in [0.5, 0.6) is 0 Å². The number of nitriles is 1. The molecular weight excluding hydrogens is 196 g/mol. The van der Waals surface area contributed by atoms with E-state index in [0.717, 1.165) is 12.1 Å². The Kier molecular flexibility index (Phi) is 2.34. The van der Waals surface area contributed by atoms with Crippen molar-refractivity contribution in [3.05, 3.63) is 16.6 Å². The number of rotatable bonds is 2. The second-order valence-corrected chi connectivity index (χ2v) is 4.35. The first-order valence-electron chi connectivity index (χ1n) is 4.58. The van der Waals surface area contributed by atoms with Crippen molar-refractivity contribution in [2.24, 2.45) is 5.41 Å². The van der Waals surface area contributed by atoms with Gasteiger partial charge in [0.15, 0.2) is 5.78 Å². The van der Waals surface area contributed by atoms with Gasteiger partial charge < -0.3 is 0 Å². The van der Waals surface area contributed by atoms with Crippen LogP contribution in [0.2, 0.25) is 0 Å². The van der Waals surface area contributed by atoms with Crippen molar-refractivity contribution >= 4 is 17.1 Å². The molecule has 0 aliphatic heterocycles. The lowest BCUT2D eigenvalue weighted by molar-refractivity contribution is -0.123. The molecular formula is C10H10N2OS. The lowest BCUT2D eigenvalue weighted by Gasteiger charge is -2.16. The maximum Gasteiger partial charge on any atom is 0.153 e. The molecule has 4 heteroatoms. The maximum atomic E-state index is 11.6. The smallest absolute Gasteiger partial charge is 0.153 e. The van der Waals surface area contributed by atoms with Crippen LogP contribution in [0.3, 0.4) is 0 Å². The molecule has 1 aliphatic carbocycles. The van der Waals surface area contributed by atoms with Crippen LogP contribution in [-0.4, -0.2) is 10.8 Å². The molecule has 72 valence electrons. The van der Waals surface area contributed by atoms with Crippen LogP contribution in [-0.2, 0) is 11.2 Å². The molecule has 1 atom stereocenters. The van der Waals surface area contributed by atoms with E-state index in [4.69, 9.17) is 5.26 Å².